The molecule has 0 aliphatic heterocycles. The number of aliphatic hydroxyl groups is 1. The first kappa shape index (κ1) is 20.3. The molecule has 0 rings (SSSR count). The van der Waals surface area contributed by atoms with Crippen molar-refractivity contribution in [2.45, 2.75) is 45.1 Å². The Kier molecular flexibility index (Phi) is 8.97. The van der Waals surface area contributed by atoms with Crippen molar-refractivity contribution in [3.63, 3.8) is 0 Å². The second-order valence-electron chi connectivity index (χ2n) is 4.64. The molecule has 0 aliphatic carbocycles. The summed E-state index contributed by atoms with van der Waals surface area (Å²) < 4.78 is 4.97. The summed E-state index contributed by atoms with van der Waals surface area (Å²) in [4.78, 5) is 47.4. The van der Waals surface area contributed by atoms with Gasteiger partial charge < -0.3 is 25.3 Å². The van der Waals surface area contributed by atoms with Gasteiger partial charge in [0.05, 0.1) is 18.7 Å². The normalized spacial score (nSPS) is 15.1. The van der Waals surface area contributed by atoms with Gasteiger partial charge in [0.1, 0.15) is 12.3 Å². The molecule has 2 amide bonds. The fraction of sp³-hybridized carbons (Fsp3) is 0.667. The lowest BCUT2D eigenvalue weighted by molar-refractivity contribution is -0.154. The van der Waals surface area contributed by atoms with Crippen LogP contribution in [0.25, 0.3) is 10.4 Å². The Labute approximate surface area is 132 Å². The van der Waals surface area contributed by atoms with Crippen molar-refractivity contribution in [3.8, 4) is 0 Å². The van der Waals surface area contributed by atoms with Crippen LogP contribution in [0.5, 0.6) is 0 Å². The zero-order chi connectivity index (χ0) is 18.0. The molecule has 3 N–H and O–H groups in total. The van der Waals surface area contributed by atoms with Crippen LogP contribution in [0.3, 0.4) is 0 Å². The highest BCUT2D eigenvalue weighted by Crippen LogP contribution is 2.11. The van der Waals surface area contributed by atoms with E-state index in [0.29, 0.717) is 6.29 Å². The monoisotopic (exact) mass is 329 g/mol. The van der Waals surface area contributed by atoms with Crippen LogP contribution < -0.4 is 10.6 Å². The van der Waals surface area contributed by atoms with Crippen molar-refractivity contribution in [1.82, 2.24) is 10.6 Å². The van der Waals surface area contributed by atoms with Gasteiger partial charge in [-0.2, -0.15) is 0 Å². The van der Waals surface area contributed by atoms with E-state index in [2.05, 4.69) is 20.7 Å². The maximum atomic E-state index is 11.3. The zero-order valence-corrected chi connectivity index (χ0v) is 12.9. The number of esters is 1. The van der Waals surface area contributed by atoms with Gasteiger partial charge in [-0.15, -0.1) is 0 Å². The van der Waals surface area contributed by atoms with E-state index in [1.165, 1.54) is 0 Å². The molecule has 11 heteroatoms. The van der Waals surface area contributed by atoms with Crippen LogP contribution in [0.15, 0.2) is 5.11 Å². The summed E-state index contributed by atoms with van der Waals surface area (Å²) in [5.41, 5.74) is 8.30. The second kappa shape index (κ2) is 10.1. The first-order valence-corrected chi connectivity index (χ1v) is 6.58. The van der Waals surface area contributed by atoms with Gasteiger partial charge in [0.25, 0.3) is 0 Å². The molecule has 128 valence electrons. The van der Waals surface area contributed by atoms with Gasteiger partial charge in [-0.05, 0) is 5.53 Å². The summed E-state index contributed by atoms with van der Waals surface area (Å²) in [6.45, 7) is 2.91. The average molecular weight is 329 g/mol. The molecule has 0 saturated heterocycles. The third-order valence-corrected chi connectivity index (χ3v) is 2.64. The van der Waals surface area contributed by atoms with Crippen molar-refractivity contribution in [2.75, 3.05) is 6.54 Å². The van der Waals surface area contributed by atoms with Gasteiger partial charge in [-0.25, -0.2) is 0 Å². The Morgan fingerprint density at radius 3 is 2.22 bits per heavy atom. The molecule has 0 unspecified atom stereocenters. The molecule has 0 spiro atoms. The van der Waals surface area contributed by atoms with Gasteiger partial charge in [0, 0.05) is 25.7 Å². The number of azide groups is 1. The van der Waals surface area contributed by atoms with Gasteiger partial charge in [-0.3, -0.25) is 14.4 Å². The Bertz CT molecular complexity index is 504. The number of nitrogens with zero attached hydrogens (tertiary/aromatic N) is 3. The first-order chi connectivity index (χ1) is 10.7. The minimum Gasteiger partial charge on any atom is -0.458 e. The molecule has 11 nitrogen and oxygen atoms in total. The smallest absolute Gasteiger partial charge is 0.303 e. The minimum absolute atomic E-state index is 0.310. The number of nitrogens with one attached hydrogen (secondary N) is 2. The minimum atomic E-state index is -1.45. The predicted octanol–water partition coefficient (Wildman–Crippen LogP) is -1.20. The number of aldehydes is 1. The van der Waals surface area contributed by atoms with E-state index in [-0.39, 0.29) is 0 Å². The van der Waals surface area contributed by atoms with Crippen LogP contribution in [0, 0.1) is 0 Å². The fourth-order valence-corrected chi connectivity index (χ4v) is 1.86. The Hall–Kier alpha value is -2.65. The lowest BCUT2D eigenvalue weighted by atomic mass is 9.98. The predicted molar refractivity (Wildman–Crippen MR) is 76.8 cm³/mol. The number of ether oxygens (including phenoxy) is 1. The van der Waals surface area contributed by atoms with Crippen LogP contribution in [-0.4, -0.2) is 60.0 Å². The highest BCUT2D eigenvalue weighted by atomic mass is 16.5. The molecular weight excluding hydrogens is 310 g/mol. The van der Waals surface area contributed by atoms with Crippen LogP contribution in [0.1, 0.15) is 20.8 Å². The topological polar surface area (TPSA) is 171 Å². The van der Waals surface area contributed by atoms with Crippen molar-refractivity contribution in [3.05, 3.63) is 10.4 Å². The Morgan fingerprint density at radius 1 is 1.26 bits per heavy atom. The van der Waals surface area contributed by atoms with Crippen molar-refractivity contribution < 1.29 is 29.0 Å². The van der Waals surface area contributed by atoms with Crippen LogP contribution in [0.4, 0.5) is 0 Å². The molecule has 0 bridgehead atoms. The maximum Gasteiger partial charge on any atom is 0.303 e. The number of aliphatic hydroxyl groups excluding tert-OH is 1. The van der Waals surface area contributed by atoms with Crippen molar-refractivity contribution in [1.29, 1.82) is 0 Å². The van der Waals surface area contributed by atoms with E-state index < -0.39 is 48.6 Å². The van der Waals surface area contributed by atoms with E-state index in [9.17, 15) is 24.3 Å². The molecular formula is C12H19N5O6. The molecule has 0 fully saturated rings. The molecule has 4 atom stereocenters. The van der Waals surface area contributed by atoms with Crippen molar-refractivity contribution >= 4 is 24.1 Å². The second-order valence-corrected chi connectivity index (χ2v) is 4.64. The SMILES string of the molecule is CC(=O)N[C@H]([C@H](OC(C)=O)[C@H](C=O)NC(C)=O)[C@H](O)CN=[N+]=[N-]. The molecule has 0 aromatic rings. The Morgan fingerprint density at radius 2 is 1.83 bits per heavy atom. The number of rotatable bonds is 9. The largest absolute Gasteiger partial charge is 0.458 e. The summed E-state index contributed by atoms with van der Waals surface area (Å²) in [7, 11) is 0. The molecule has 0 aromatic heterocycles. The number of carbonyl (C=O) groups excluding carboxylic acids is 4. The number of carbonyl (C=O) groups is 4. The molecule has 23 heavy (non-hydrogen) atoms. The number of amides is 2. The van der Waals surface area contributed by atoms with Crippen molar-refractivity contribution in [2.24, 2.45) is 5.11 Å². The maximum absolute atomic E-state index is 11.3. The summed E-state index contributed by atoms with van der Waals surface area (Å²) in [5, 5.41) is 17.8. The summed E-state index contributed by atoms with van der Waals surface area (Å²) in [5.74, 6) is -1.96. The number of hydrogen-bond acceptors (Lipinski definition) is 7. The van der Waals surface area contributed by atoms with Gasteiger partial charge >= 0.3 is 5.97 Å². The lowest BCUT2D eigenvalue weighted by Crippen LogP contribution is -2.60. The zero-order valence-electron chi connectivity index (χ0n) is 12.9. The summed E-state index contributed by atoms with van der Waals surface area (Å²) >= 11 is 0. The van der Waals surface area contributed by atoms with Crippen LogP contribution in [0.2, 0.25) is 0 Å². The molecule has 0 radical (unpaired) electrons. The Balaban J connectivity index is 5.61. The lowest BCUT2D eigenvalue weighted by Gasteiger charge is -2.33. The molecule has 0 aliphatic rings. The van der Waals surface area contributed by atoms with Gasteiger partial charge in [0.15, 0.2) is 6.10 Å². The third kappa shape index (κ3) is 7.79. The van der Waals surface area contributed by atoms with E-state index in [4.69, 9.17) is 10.3 Å². The molecule has 0 aromatic carbocycles. The summed E-state index contributed by atoms with van der Waals surface area (Å²) in [6.07, 6.45) is -2.53. The van der Waals surface area contributed by atoms with Gasteiger partial charge in [-0.1, -0.05) is 5.11 Å². The van der Waals surface area contributed by atoms with E-state index in [1.54, 1.807) is 0 Å². The average Bonchev–Trinajstić information content (AvgIpc) is 2.45. The van der Waals surface area contributed by atoms with Crippen LogP contribution >= 0.6 is 0 Å². The summed E-state index contributed by atoms with van der Waals surface area (Å²) in [6, 6.07) is -2.59. The van der Waals surface area contributed by atoms with Gasteiger partial charge in [0.2, 0.25) is 11.8 Å². The van der Waals surface area contributed by atoms with E-state index >= 15 is 0 Å². The quantitative estimate of drug-likeness (QED) is 0.158. The highest BCUT2D eigenvalue weighted by molar-refractivity contribution is 5.78. The molecule has 0 heterocycles. The first-order valence-electron chi connectivity index (χ1n) is 6.58. The number of hydrogen-bond donors (Lipinski definition) is 3. The highest BCUT2D eigenvalue weighted by Gasteiger charge is 2.37. The standard InChI is InChI=1S/C12H19N5O6/c1-6(19)15-9(5-18)12(23-8(3)21)11(16-7(2)20)10(22)4-14-17-13/h5,9-12,22H,4H2,1-3H3,(H,15,19)(H,16,20)/t9-,10+,11-,12+/m0/s1. The fourth-order valence-electron chi connectivity index (χ4n) is 1.86. The third-order valence-electron chi connectivity index (χ3n) is 2.64. The van der Waals surface area contributed by atoms with Crippen LogP contribution in [-0.2, 0) is 23.9 Å². The van der Waals surface area contributed by atoms with E-state index in [0.717, 1.165) is 20.8 Å². The molecule has 0 saturated carbocycles. The van der Waals surface area contributed by atoms with E-state index in [1.807, 2.05) is 0 Å².